The van der Waals surface area contributed by atoms with Gasteiger partial charge in [-0.1, -0.05) is 6.07 Å². The first-order valence-electron chi connectivity index (χ1n) is 10.7. The summed E-state index contributed by atoms with van der Waals surface area (Å²) in [5.74, 6) is 0.533. The molecule has 1 aliphatic heterocycles. The van der Waals surface area contributed by atoms with Crippen LogP contribution in [0.5, 0.6) is 0 Å². The van der Waals surface area contributed by atoms with Crippen LogP contribution < -0.4 is 16.0 Å². The summed E-state index contributed by atoms with van der Waals surface area (Å²) in [4.78, 5) is 25.7. The van der Waals surface area contributed by atoms with Crippen molar-refractivity contribution < 1.29 is 9.53 Å². The number of carbonyl (C=O) groups excluding carboxylic acids is 1. The molecule has 1 saturated heterocycles. The van der Waals surface area contributed by atoms with Crippen LogP contribution in [0.2, 0.25) is 0 Å². The van der Waals surface area contributed by atoms with Gasteiger partial charge in [-0.05, 0) is 36.6 Å². The van der Waals surface area contributed by atoms with Crippen LogP contribution in [0.4, 0.5) is 5.82 Å². The van der Waals surface area contributed by atoms with E-state index in [1.165, 1.54) is 0 Å². The minimum Gasteiger partial charge on any atom is -0.378 e. The lowest BCUT2D eigenvalue weighted by Crippen LogP contribution is -2.52. The summed E-state index contributed by atoms with van der Waals surface area (Å²) < 4.78 is 7.13. The fourth-order valence-electron chi connectivity index (χ4n) is 3.69. The van der Waals surface area contributed by atoms with Gasteiger partial charge in [0, 0.05) is 44.5 Å². The molecule has 5 rings (SSSR count). The van der Waals surface area contributed by atoms with Gasteiger partial charge in [-0.3, -0.25) is 4.79 Å². The highest BCUT2D eigenvalue weighted by atomic mass is 32.1. The van der Waals surface area contributed by atoms with Gasteiger partial charge in [0.05, 0.1) is 34.1 Å². The molecule has 0 saturated carbocycles. The molecule has 0 aliphatic carbocycles. The molecule has 10 heteroatoms. The number of nitrogens with two attached hydrogens (primary N) is 1. The van der Waals surface area contributed by atoms with Crippen molar-refractivity contribution in [1.29, 1.82) is 0 Å². The largest absolute Gasteiger partial charge is 0.378 e. The van der Waals surface area contributed by atoms with E-state index in [4.69, 9.17) is 20.4 Å². The van der Waals surface area contributed by atoms with Gasteiger partial charge in [0.25, 0.3) is 5.91 Å². The summed E-state index contributed by atoms with van der Waals surface area (Å²) in [7, 11) is 1.70. The number of fused-ring (bicyclic) bond motifs is 1. The molecule has 0 spiro atoms. The predicted octanol–water partition coefficient (Wildman–Crippen LogP) is 2.43. The van der Waals surface area contributed by atoms with Gasteiger partial charge in [0.15, 0.2) is 5.65 Å². The summed E-state index contributed by atoms with van der Waals surface area (Å²) in [6.07, 6.45) is 3.79. The highest BCUT2D eigenvalue weighted by molar-refractivity contribution is 7.13. The van der Waals surface area contributed by atoms with Gasteiger partial charge < -0.3 is 20.7 Å². The first-order valence-corrected chi connectivity index (χ1v) is 11.6. The van der Waals surface area contributed by atoms with E-state index in [-0.39, 0.29) is 18.1 Å². The summed E-state index contributed by atoms with van der Waals surface area (Å²) in [5.41, 5.74) is 9.30. The minimum absolute atomic E-state index is 0.132. The zero-order valence-electron chi connectivity index (χ0n) is 18.4. The number of rotatable bonds is 7. The summed E-state index contributed by atoms with van der Waals surface area (Å²) >= 11 is 1.63. The second kappa shape index (κ2) is 8.89. The SMILES string of the molecule is COC1CN(c2cc(C(=O)NCC(C)N)cc(-c3cnn4ccc(-c5cccs5)nc34)n2)C1. The fourth-order valence-corrected chi connectivity index (χ4v) is 4.38. The predicted molar refractivity (Wildman–Crippen MR) is 129 cm³/mol. The van der Waals surface area contributed by atoms with E-state index in [0.717, 1.165) is 35.0 Å². The third-order valence-electron chi connectivity index (χ3n) is 5.58. The molecule has 5 heterocycles. The molecule has 0 bridgehead atoms. The number of nitrogens with one attached hydrogen (secondary N) is 1. The molecule has 0 radical (unpaired) electrons. The Morgan fingerprint density at radius 3 is 2.88 bits per heavy atom. The van der Waals surface area contributed by atoms with Crippen molar-refractivity contribution in [2.24, 2.45) is 5.73 Å². The normalized spacial score (nSPS) is 14.9. The van der Waals surface area contributed by atoms with Crippen molar-refractivity contribution in [1.82, 2.24) is 24.9 Å². The van der Waals surface area contributed by atoms with Crippen LogP contribution in [-0.4, -0.2) is 64.4 Å². The van der Waals surface area contributed by atoms with Gasteiger partial charge in [-0.15, -0.1) is 11.3 Å². The van der Waals surface area contributed by atoms with Crippen molar-refractivity contribution in [2.75, 3.05) is 31.6 Å². The Morgan fingerprint density at radius 2 is 2.15 bits per heavy atom. The van der Waals surface area contributed by atoms with E-state index in [1.54, 1.807) is 35.2 Å². The van der Waals surface area contributed by atoms with E-state index in [1.807, 2.05) is 42.8 Å². The zero-order valence-corrected chi connectivity index (χ0v) is 19.2. The Bertz CT molecular complexity index is 1280. The van der Waals surface area contributed by atoms with Gasteiger partial charge in [-0.2, -0.15) is 5.10 Å². The fraction of sp³-hybridized carbons (Fsp3) is 0.304. The van der Waals surface area contributed by atoms with Crippen LogP contribution >= 0.6 is 11.3 Å². The first-order chi connectivity index (χ1) is 16.0. The number of hydrogen-bond acceptors (Lipinski definition) is 8. The number of methoxy groups -OCH3 is 1. The number of amides is 1. The highest BCUT2D eigenvalue weighted by Gasteiger charge is 2.29. The number of thiophene rings is 1. The van der Waals surface area contributed by atoms with Crippen LogP contribution in [0.25, 0.3) is 27.5 Å². The standard InChI is InChI=1S/C23H25N7O2S/c1-14(24)10-25-23(31)15-8-19(27-21(9-15)29-12-16(13-29)32-2)17-11-26-30-6-5-18(28-22(17)30)20-4-3-7-33-20/h3-9,11,14,16H,10,12-13,24H2,1-2H3,(H,25,31). The van der Waals surface area contributed by atoms with Crippen LogP contribution in [0, 0.1) is 0 Å². The van der Waals surface area contributed by atoms with Crippen molar-refractivity contribution in [3.63, 3.8) is 0 Å². The monoisotopic (exact) mass is 463 g/mol. The molecular formula is C23H25N7O2S. The molecule has 9 nitrogen and oxygen atoms in total. The maximum atomic E-state index is 12.9. The summed E-state index contributed by atoms with van der Waals surface area (Å²) in [5, 5.41) is 9.37. The number of ether oxygens (including phenoxy) is 1. The smallest absolute Gasteiger partial charge is 0.251 e. The number of nitrogens with zero attached hydrogens (tertiary/aromatic N) is 5. The van der Waals surface area contributed by atoms with Crippen molar-refractivity contribution in [3.05, 3.63) is 53.7 Å². The Kier molecular flexibility index (Phi) is 5.79. The van der Waals surface area contributed by atoms with E-state index in [2.05, 4.69) is 15.3 Å². The number of anilines is 1. The molecule has 33 heavy (non-hydrogen) atoms. The maximum Gasteiger partial charge on any atom is 0.251 e. The third-order valence-corrected chi connectivity index (χ3v) is 6.48. The lowest BCUT2D eigenvalue weighted by atomic mass is 10.1. The van der Waals surface area contributed by atoms with E-state index in [0.29, 0.717) is 23.4 Å². The highest BCUT2D eigenvalue weighted by Crippen LogP contribution is 2.30. The summed E-state index contributed by atoms with van der Waals surface area (Å²) in [6, 6.07) is 9.44. The molecule has 4 aromatic rings. The zero-order chi connectivity index (χ0) is 22.9. The number of aromatic nitrogens is 4. The van der Waals surface area contributed by atoms with Gasteiger partial charge in [0.2, 0.25) is 0 Å². The first kappa shape index (κ1) is 21.5. The molecule has 4 aromatic heterocycles. The minimum atomic E-state index is -0.190. The lowest BCUT2D eigenvalue weighted by molar-refractivity contribution is 0.0783. The molecule has 3 N–H and O–H groups in total. The van der Waals surface area contributed by atoms with Crippen LogP contribution in [0.15, 0.2) is 48.1 Å². The van der Waals surface area contributed by atoms with E-state index in [9.17, 15) is 4.79 Å². The van der Waals surface area contributed by atoms with Crippen LogP contribution in [0.1, 0.15) is 17.3 Å². The van der Waals surface area contributed by atoms with E-state index >= 15 is 0 Å². The average Bonchev–Trinajstić information content (AvgIpc) is 3.46. The lowest BCUT2D eigenvalue weighted by Gasteiger charge is -2.39. The van der Waals surface area contributed by atoms with Crippen LogP contribution in [-0.2, 0) is 4.74 Å². The molecule has 0 aromatic carbocycles. The summed E-state index contributed by atoms with van der Waals surface area (Å²) in [6.45, 7) is 3.70. The van der Waals surface area contributed by atoms with Gasteiger partial charge >= 0.3 is 0 Å². The Hall–Kier alpha value is -3.34. The Labute approximate surface area is 195 Å². The van der Waals surface area contributed by atoms with Crippen molar-refractivity contribution >= 4 is 28.7 Å². The average molecular weight is 464 g/mol. The Morgan fingerprint density at radius 1 is 1.30 bits per heavy atom. The molecule has 1 atom stereocenters. The molecular weight excluding hydrogens is 438 g/mol. The number of pyridine rings is 1. The molecule has 1 aliphatic rings. The Balaban J connectivity index is 1.56. The number of carbonyl (C=O) groups is 1. The van der Waals surface area contributed by atoms with E-state index < -0.39 is 0 Å². The molecule has 1 amide bonds. The van der Waals surface area contributed by atoms with Crippen molar-refractivity contribution in [2.45, 2.75) is 19.1 Å². The molecule has 170 valence electrons. The van der Waals surface area contributed by atoms with Crippen molar-refractivity contribution in [3.8, 4) is 21.8 Å². The quantitative estimate of drug-likeness (QED) is 0.433. The third kappa shape index (κ3) is 4.32. The number of hydrogen-bond donors (Lipinski definition) is 2. The topological polar surface area (TPSA) is 111 Å². The second-order valence-electron chi connectivity index (χ2n) is 8.17. The van der Waals surface area contributed by atoms with Gasteiger partial charge in [0.1, 0.15) is 5.82 Å². The molecule has 1 fully saturated rings. The molecule has 1 unspecified atom stereocenters. The van der Waals surface area contributed by atoms with Crippen LogP contribution in [0.3, 0.4) is 0 Å². The van der Waals surface area contributed by atoms with Gasteiger partial charge in [-0.25, -0.2) is 14.5 Å². The maximum absolute atomic E-state index is 12.9. The second-order valence-corrected chi connectivity index (χ2v) is 9.11.